The Kier molecular flexibility index (Phi) is 4.84. The molecule has 1 saturated heterocycles. The van der Waals surface area contributed by atoms with Crippen LogP contribution < -0.4 is 0 Å². The van der Waals surface area contributed by atoms with Gasteiger partial charge in [-0.3, -0.25) is 14.8 Å². The van der Waals surface area contributed by atoms with Crippen LogP contribution in [0.15, 0.2) is 53.6 Å². The lowest BCUT2D eigenvalue weighted by atomic mass is 9.94. The van der Waals surface area contributed by atoms with E-state index in [9.17, 15) is 4.79 Å². The molecule has 1 amide bonds. The average molecular weight is 401 g/mol. The minimum Gasteiger partial charge on any atom is -0.339 e. The van der Waals surface area contributed by atoms with Crippen molar-refractivity contribution >= 4 is 16.9 Å². The molecular formula is C21H19N7O2. The number of benzene rings is 1. The van der Waals surface area contributed by atoms with Crippen molar-refractivity contribution in [3.05, 3.63) is 60.6 Å². The highest BCUT2D eigenvalue weighted by atomic mass is 16.5. The summed E-state index contributed by atoms with van der Waals surface area (Å²) >= 11 is 0. The van der Waals surface area contributed by atoms with Crippen molar-refractivity contribution in [2.24, 2.45) is 5.92 Å². The van der Waals surface area contributed by atoms with E-state index in [1.165, 1.54) is 0 Å². The first kappa shape index (κ1) is 18.3. The normalized spacial score (nSPS) is 16.7. The number of carbonyl (C=O) groups excluding carboxylic acids is 1. The summed E-state index contributed by atoms with van der Waals surface area (Å²) in [7, 11) is 0. The van der Waals surface area contributed by atoms with Crippen molar-refractivity contribution in [2.45, 2.75) is 19.3 Å². The standard InChI is InChI=1S/C21H19N7O2/c29-21(18-12-24-15-5-1-2-6-16(15)25-18)28-9-3-4-14(13-28)10-19-26-20(27-30-19)17-11-22-7-8-23-17/h1-2,5-8,11-12,14H,3-4,9-10,13H2/t14-/m1/s1. The quantitative estimate of drug-likeness (QED) is 0.513. The van der Waals surface area contributed by atoms with E-state index in [-0.39, 0.29) is 11.8 Å². The summed E-state index contributed by atoms with van der Waals surface area (Å²) in [5, 5.41) is 4.00. The van der Waals surface area contributed by atoms with E-state index < -0.39 is 0 Å². The van der Waals surface area contributed by atoms with Crippen LogP contribution >= 0.6 is 0 Å². The molecule has 9 nitrogen and oxygen atoms in total. The third-order valence-electron chi connectivity index (χ3n) is 5.20. The Morgan fingerprint density at radius 3 is 2.87 bits per heavy atom. The van der Waals surface area contributed by atoms with Gasteiger partial charge in [-0.2, -0.15) is 4.98 Å². The molecule has 9 heteroatoms. The second kappa shape index (κ2) is 7.94. The Labute approximate surface area is 172 Å². The number of hydrogen-bond acceptors (Lipinski definition) is 8. The van der Waals surface area contributed by atoms with Crippen molar-refractivity contribution < 1.29 is 9.32 Å². The number of carbonyl (C=O) groups is 1. The van der Waals surface area contributed by atoms with Gasteiger partial charge in [0.25, 0.3) is 5.91 Å². The number of likely N-dealkylation sites (tertiary alicyclic amines) is 1. The molecule has 1 fully saturated rings. The summed E-state index contributed by atoms with van der Waals surface area (Å²) in [6, 6.07) is 7.54. The highest BCUT2D eigenvalue weighted by molar-refractivity contribution is 5.93. The molecule has 30 heavy (non-hydrogen) atoms. The predicted octanol–water partition coefficient (Wildman–Crippen LogP) is 2.56. The van der Waals surface area contributed by atoms with Gasteiger partial charge in [0.1, 0.15) is 11.4 Å². The lowest BCUT2D eigenvalue weighted by Gasteiger charge is -2.31. The van der Waals surface area contributed by atoms with Gasteiger partial charge in [-0.25, -0.2) is 9.97 Å². The van der Waals surface area contributed by atoms with E-state index in [0.29, 0.717) is 42.6 Å². The molecule has 0 saturated carbocycles. The first-order valence-electron chi connectivity index (χ1n) is 9.86. The number of amides is 1. The van der Waals surface area contributed by atoms with Crippen LogP contribution in [0.1, 0.15) is 29.2 Å². The maximum atomic E-state index is 13.0. The van der Waals surface area contributed by atoms with E-state index in [0.717, 1.165) is 23.9 Å². The molecular weight excluding hydrogens is 382 g/mol. The van der Waals surface area contributed by atoms with Crippen LogP contribution in [0.3, 0.4) is 0 Å². The monoisotopic (exact) mass is 401 g/mol. The number of hydrogen-bond donors (Lipinski definition) is 0. The van der Waals surface area contributed by atoms with Crippen LogP contribution in [-0.2, 0) is 6.42 Å². The molecule has 3 aromatic heterocycles. The van der Waals surface area contributed by atoms with Crippen molar-refractivity contribution in [1.29, 1.82) is 0 Å². The fourth-order valence-corrected chi connectivity index (χ4v) is 3.74. The SMILES string of the molecule is O=C(c1cnc2ccccc2n1)N1CCC[C@H](Cc2nc(-c3cnccn3)no2)C1. The molecule has 0 aliphatic carbocycles. The van der Waals surface area contributed by atoms with Gasteiger partial charge in [-0.1, -0.05) is 17.3 Å². The summed E-state index contributed by atoms with van der Waals surface area (Å²) in [5.74, 6) is 1.11. The molecule has 0 bridgehead atoms. The number of piperidine rings is 1. The van der Waals surface area contributed by atoms with Crippen LogP contribution in [0.5, 0.6) is 0 Å². The Hall–Kier alpha value is -3.75. The summed E-state index contributed by atoms with van der Waals surface area (Å²) in [4.78, 5) is 36.3. The molecule has 4 aromatic rings. The van der Waals surface area contributed by atoms with Gasteiger partial charge in [0.05, 0.1) is 23.4 Å². The fourth-order valence-electron chi connectivity index (χ4n) is 3.74. The van der Waals surface area contributed by atoms with E-state index in [1.54, 1.807) is 24.8 Å². The van der Waals surface area contributed by atoms with Crippen molar-refractivity contribution in [3.8, 4) is 11.5 Å². The molecule has 0 N–H and O–H groups in total. The van der Waals surface area contributed by atoms with Crippen LogP contribution in [0.4, 0.5) is 0 Å². The fraction of sp³-hybridized carbons (Fsp3) is 0.286. The first-order chi connectivity index (χ1) is 14.8. The predicted molar refractivity (Wildman–Crippen MR) is 107 cm³/mol. The minimum atomic E-state index is -0.0938. The summed E-state index contributed by atoms with van der Waals surface area (Å²) < 4.78 is 5.40. The van der Waals surface area contributed by atoms with Crippen molar-refractivity contribution in [2.75, 3.05) is 13.1 Å². The van der Waals surface area contributed by atoms with Gasteiger partial charge in [-0.05, 0) is 30.9 Å². The molecule has 0 spiro atoms. The lowest BCUT2D eigenvalue weighted by Crippen LogP contribution is -2.41. The molecule has 5 rings (SSSR count). The zero-order valence-corrected chi connectivity index (χ0v) is 16.2. The summed E-state index contributed by atoms with van der Waals surface area (Å²) in [5.41, 5.74) is 2.44. The highest BCUT2D eigenvalue weighted by Gasteiger charge is 2.27. The van der Waals surface area contributed by atoms with Gasteiger partial charge in [0, 0.05) is 31.9 Å². The van der Waals surface area contributed by atoms with E-state index >= 15 is 0 Å². The number of fused-ring (bicyclic) bond motifs is 1. The molecule has 4 heterocycles. The molecule has 150 valence electrons. The molecule has 0 unspecified atom stereocenters. The summed E-state index contributed by atoms with van der Waals surface area (Å²) in [6.45, 7) is 1.33. The van der Waals surface area contributed by atoms with Crippen molar-refractivity contribution in [3.63, 3.8) is 0 Å². The van der Waals surface area contributed by atoms with E-state index in [4.69, 9.17) is 4.52 Å². The third kappa shape index (κ3) is 3.73. The molecule has 0 radical (unpaired) electrons. The van der Waals surface area contributed by atoms with Crippen LogP contribution in [-0.4, -0.2) is 54.0 Å². The zero-order chi connectivity index (χ0) is 20.3. The summed E-state index contributed by atoms with van der Waals surface area (Å²) in [6.07, 6.45) is 8.86. The molecule has 1 atom stereocenters. The van der Waals surface area contributed by atoms with Crippen LogP contribution in [0.2, 0.25) is 0 Å². The topological polar surface area (TPSA) is 111 Å². The number of para-hydroxylation sites is 2. The Bertz CT molecular complexity index is 1180. The molecule has 1 aliphatic rings. The average Bonchev–Trinajstić information content (AvgIpc) is 3.27. The Morgan fingerprint density at radius 2 is 2.00 bits per heavy atom. The molecule has 1 aliphatic heterocycles. The Balaban J connectivity index is 1.27. The van der Waals surface area contributed by atoms with E-state index in [2.05, 4.69) is 30.1 Å². The minimum absolute atomic E-state index is 0.0938. The van der Waals surface area contributed by atoms with Gasteiger partial charge >= 0.3 is 0 Å². The van der Waals surface area contributed by atoms with Gasteiger partial charge in [-0.15, -0.1) is 0 Å². The van der Waals surface area contributed by atoms with Gasteiger partial charge in [0.15, 0.2) is 0 Å². The third-order valence-corrected chi connectivity index (χ3v) is 5.20. The van der Waals surface area contributed by atoms with Crippen LogP contribution in [0, 0.1) is 5.92 Å². The zero-order valence-electron chi connectivity index (χ0n) is 16.2. The number of aromatic nitrogens is 6. The first-order valence-corrected chi connectivity index (χ1v) is 9.86. The van der Waals surface area contributed by atoms with Crippen molar-refractivity contribution in [1.82, 2.24) is 35.0 Å². The Morgan fingerprint density at radius 1 is 1.10 bits per heavy atom. The maximum Gasteiger partial charge on any atom is 0.274 e. The second-order valence-electron chi connectivity index (χ2n) is 7.31. The van der Waals surface area contributed by atoms with Gasteiger partial charge < -0.3 is 9.42 Å². The maximum absolute atomic E-state index is 13.0. The number of nitrogens with zero attached hydrogens (tertiary/aromatic N) is 7. The van der Waals surface area contributed by atoms with Gasteiger partial charge in [0.2, 0.25) is 11.7 Å². The number of rotatable bonds is 4. The highest BCUT2D eigenvalue weighted by Crippen LogP contribution is 2.23. The second-order valence-corrected chi connectivity index (χ2v) is 7.31. The van der Waals surface area contributed by atoms with E-state index in [1.807, 2.05) is 29.2 Å². The lowest BCUT2D eigenvalue weighted by molar-refractivity contribution is 0.0662. The largest absolute Gasteiger partial charge is 0.339 e. The van der Waals surface area contributed by atoms with Crippen LogP contribution in [0.25, 0.3) is 22.6 Å². The smallest absolute Gasteiger partial charge is 0.274 e. The molecule has 1 aromatic carbocycles.